The van der Waals surface area contributed by atoms with E-state index in [4.69, 9.17) is 0 Å². The molecular weight excluding hydrogens is 320 g/mol. The van der Waals surface area contributed by atoms with Gasteiger partial charge in [0.05, 0.1) is 19.0 Å². The first-order valence-corrected chi connectivity index (χ1v) is 9.02. The number of rotatable bonds is 5. The van der Waals surface area contributed by atoms with Crippen molar-refractivity contribution in [2.45, 2.75) is 23.8 Å². The zero-order valence-electron chi connectivity index (χ0n) is 13.3. The molecule has 0 saturated carbocycles. The molecule has 2 amide bonds. The highest BCUT2D eigenvalue weighted by Gasteiger charge is 2.21. The summed E-state index contributed by atoms with van der Waals surface area (Å²) in [7, 11) is 0. The number of hydrogen-bond donors (Lipinski definition) is 2. The molecule has 0 radical (unpaired) electrons. The third-order valence-corrected chi connectivity index (χ3v) is 5.07. The summed E-state index contributed by atoms with van der Waals surface area (Å²) in [5.74, 6) is 0.696. The van der Waals surface area contributed by atoms with Gasteiger partial charge in [0.25, 0.3) is 0 Å². The predicted octanol–water partition coefficient (Wildman–Crippen LogP) is 2.70. The molecule has 0 aliphatic carbocycles. The fraction of sp³-hybridized carbons (Fsp3) is 0.263. The van der Waals surface area contributed by atoms with Gasteiger partial charge in [-0.1, -0.05) is 48.5 Å². The zero-order chi connectivity index (χ0) is 16.8. The number of nitrogens with one attached hydrogen (secondary N) is 2. The van der Waals surface area contributed by atoms with E-state index in [1.165, 1.54) is 4.90 Å². The fourth-order valence-electron chi connectivity index (χ4n) is 2.76. The first-order chi connectivity index (χ1) is 11.7. The van der Waals surface area contributed by atoms with E-state index in [0.29, 0.717) is 0 Å². The number of carbonyl (C=O) groups excluding carboxylic acids is 2. The maximum Gasteiger partial charge on any atom is 0.239 e. The molecule has 24 heavy (non-hydrogen) atoms. The Hall–Kier alpha value is -2.27. The molecule has 1 aliphatic rings. The van der Waals surface area contributed by atoms with E-state index in [1.54, 1.807) is 0 Å². The van der Waals surface area contributed by atoms with Gasteiger partial charge in [0, 0.05) is 10.6 Å². The molecule has 1 heterocycles. The van der Waals surface area contributed by atoms with Crippen molar-refractivity contribution in [3.8, 4) is 0 Å². The molecule has 0 aromatic heterocycles. The van der Waals surface area contributed by atoms with Gasteiger partial charge in [-0.05, 0) is 23.6 Å². The van der Waals surface area contributed by atoms with Crippen molar-refractivity contribution >= 4 is 23.6 Å². The summed E-state index contributed by atoms with van der Waals surface area (Å²) in [4.78, 5) is 25.3. The molecule has 0 fully saturated rings. The summed E-state index contributed by atoms with van der Waals surface area (Å²) >= 11 is 1.82. The van der Waals surface area contributed by atoms with Crippen LogP contribution >= 0.6 is 11.8 Å². The Kier molecular flexibility index (Phi) is 5.54. The van der Waals surface area contributed by atoms with Crippen LogP contribution in [0.4, 0.5) is 0 Å². The monoisotopic (exact) mass is 340 g/mol. The number of hydrogen-bond acceptors (Lipinski definition) is 3. The average Bonchev–Trinajstić information content (AvgIpc) is 2.61. The standard InChI is InChI=1S/C19H20N2O2S/c22-18(12-14-6-2-1-3-7-14)20-13-19(23)21-16-10-11-24-17-9-5-4-8-15(16)17/h1-9,16H,10-13H2,(H,20,22)(H,21,23). The van der Waals surface area contributed by atoms with Gasteiger partial charge in [0.1, 0.15) is 0 Å². The van der Waals surface area contributed by atoms with Crippen LogP contribution in [0.5, 0.6) is 0 Å². The van der Waals surface area contributed by atoms with Gasteiger partial charge >= 0.3 is 0 Å². The van der Waals surface area contributed by atoms with Gasteiger partial charge < -0.3 is 10.6 Å². The molecule has 1 aliphatic heterocycles. The summed E-state index contributed by atoms with van der Waals surface area (Å²) < 4.78 is 0. The number of benzene rings is 2. The van der Waals surface area contributed by atoms with Crippen molar-refractivity contribution in [1.29, 1.82) is 0 Å². The highest BCUT2D eigenvalue weighted by Crippen LogP contribution is 2.35. The van der Waals surface area contributed by atoms with Crippen LogP contribution in [-0.4, -0.2) is 24.1 Å². The molecular formula is C19H20N2O2S. The summed E-state index contributed by atoms with van der Waals surface area (Å²) in [6.45, 7) is 0.0114. The lowest BCUT2D eigenvalue weighted by atomic mass is 10.0. The second kappa shape index (κ2) is 8.02. The van der Waals surface area contributed by atoms with Crippen molar-refractivity contribution in [2.24, 2.45) is 0 Å². The van der Waals surface area contributed by atoms with Crippen molar-refractivity contribution in [2.75, 3.05) is 12.3 Å². The molecule has 1 atom stereocenters. The van der Waals surface area contributed by atoms with E-state index in [1.807, 2.05) is 54.2 Å². The van der Waals surface area contributed by atoms with Crippen LogP contribution in [0, 0.1) is 0 Å². The van der Waals surface area contributed by atoms with Crippen LogP contribution in [0.2, 0.25) is 0 Å². The first kappa shape index (κ1) is 16.6. The quantitative estimate of drug-likeness (QED) is 0.880. The minimum absolute atomic E-state index is 0.0114. The lowest BCUT2D eigenvalue weighted by molar-refractivity contribution is -0.126. The molecule has 0 spiro atoms. The molecule has 2 aromatic rings. The van der Waals surface area contributed by atoms with Crippen molar-refractivity contribution in [1.82, 2.24) is 10.6 Å². The van der Waals surface area contributed by atoms with E-state index >= 15 is 0 Å². The highest BCUT2D eigenvalue weighted by atomic mass is 32.2. The Morgan fingerprint density at radius 1 is 1.00 bits per heavy atom. The highest BCUT2D eigenvalue weighted by molar-refractivity contribution is 7.99. The maximum absolute atomic E-state index is 12.1. The van der Waals surface area contributed by atoms with E-state index < -0.39 is 0 Å². The number of carbonyl (C=O) groups is 2. The summed E-state index contributed by atoms with van der Waals surface area (Å²) in [5.41, 5.74) is 2.10. The van der Waals surface area contributed by atoms with Crippen LogP contribution in [0.3, 0.4) is 0 Å². The second-order valence-corrected chi connectivity index (χ2v) is 6.87. The normalized spacial score (nSPS) is 16.1. The maximum atomic E-state index is 12.1. The molecule has 2 aromatic carbocycles. The Morgan fingerprint density at radius 2 is 1.75 bits per heavy atom. The second-order valence-electron chi connectivity index (χ2n) is 5.73. The molecule has 2 N–H and O–H groups in total. The molecule has 0 saturated heterocycles. The summed E-state index contributed by atoms with van der Waals surface area (Å²) in [5, 5.41) is 5.72. The topological polar surface area (TPSA) is 58.2 Å². The smallest absolute Gasteiger partial charge is 0.239 e. The van der Waals surface area contributed by atoms with Crippen LogP contribution in [0.1, 0.15) is 23.6 Å². The van der Waals surface area contributed by atoms with Crippen LogP contribution in [0.15, 0.2) is 59.5 Å². The third-order valence-electron chi connectivity index (χ3n) is 3.95. The van der Waals surface area contributed by atoms with Gasteiger partial charge in [-0.15, -0.1) is 11.8 Å². The lowest BCUT2D eigenvalue weighted by Crippen LogP contribution is -2.39. The van der Waals surface area contributed by atoms with E-state index in [-0.39, 0.29) is 30.8 Å². The minimum atomic E-state index is -0.150. The Labute approximate surface area is 146 Å². The summed E-state index contributed by atoms with van der Waals surface area (Å²) in [6, 6.07) is 17.7. The Balaban J connectivity index is 1.49. The number of thioether (sulfide) groups is 1. The van der Waals surface area contributed by atoms with Gasteiger partial charge in [-0.2, -0.15) is 0 Å². The number of fused-ring (bicyclic) bond motifs is 1. The molecule has 0 bridgehead atoms. The van der Waals surface area contributed by atoms with Crippen LogP contribution in [-0.2, 0) is 16.0 Å². The predicted molar refractivity (Wildman–Crippen MR) is 95.8 cm³/mol. The molecule has 124 valence electrons. The van der Waals surface area contributed by atoms with Gasteiger partial charge in [-0.3, -0.25) is 9.59 Å². The van der Waals surface area contributed by atoms with Gasteiger partial charge in [-0.25, -0.2) is 0 Å². The van der Waals surface area contributed by atoms with Gasteiger partial charge in [0.15, 0.2) is 0 Å². The Bertz CT molecular complexity index is 718. The van der Waals surface area contributed by atoms with E-state index in [9.17, 15) is 9.59 Å². The number of amides is 2. The first-order valence-electron chi connectivity index (χ1n) is 8.04. The van der Waals surface area contributed by atoms with Crippen molar-refractivity contribution in [3.63, 3.8) is 0 Å². The summed E-state index contributed by atoms with van der Waals surface area (Å²) in [6.07, 6.45) is 1.20. The lowest BCUT2D eigenvalue weighted by Gasteiger charge is -2.25. The zero-order valence-corrected chi connectivity index (χ0v) is 14.1. The molecule has 5 heteroatoms. The SMILES string of the molecule is O=C(Cc1ccccc1)NCC(=O)NC1CCSc2ccccc21. The molecule has 3 rings (SSSR count). The fourth-order valence-corrected chi connectivity index (χ4v) is 3.89. The largest absolute Gasteiger partial charge is 0.348 e. The molecule has 1 unspecified atom stereocenters. The van der Waals surface area contributed by atoms with Crippen molar-refractivity contribution < 1.29 is 9.59 Å². The minimum Gasteiger partial charge on any atom is -0.348 e. The Morgan fingerprint density at radius 3 is 2.58 bits per heavy atom. The van der Waals surface area contributed by atoms with E-state index in [2.05, 4.69) is 22.8 Å². The molecule has 4 nitrogen and oxygen atoms in total. The van der Waals surface area contributed by atoms with Gasteiger partial charge in [0.2, 0.25) is 11.8 Å². The van der Waals surface area contributed by atoms with Crippen molar-refractivity contribution in [3.05, 3.63) is 65.7 Å². The third kappa shape index (κ3) is 4.38. The van der Waals surface area contributed by atoms with E-state index in [0.717, 1.165) is 23.3 Å². The van der Waals surface area contributed by atoms with Crippen LogP contribution in [0.25, 0.3) is 0 Å². The average molecular weight is 340 g/mol. The van der Waals surface area contributed by atoms with Crippen LogP contribution < -0.4 is 10.6 Å².